The van der Waals surface area contributed by atoms with Crippen LogP contribution in [0.4, 0.5) is 4.79 Å². The second-order valence-corrected chi connectivity index (χ2v) is 7.41. The molecule has 126 valence electrons. The number of carbonyl (C=O) groups excluding carboxylic acids is 1. The number of amides is 1. The van der Waals surface area contributed by atoms with E-state index in [0.29, 0.717) is 11.8 Å². The number of fused-ring (bicyclic) bond motifs is 1. The summed E-state index contributed by atoms with van der Waals surface area (Å²) in [6, 6.07) is -0.990. The Morgan fingerprint density at radius 1 is 1.43 bits per heavy atom. The van der Waals surface area contributed by atoms with Crippen molar-refractivity contribution in [1.82, 2.24) is 5.32 Å². The van der Waals surface area contributed by atoms with E-state index >= 15 is 0 Å². The number of rotatable bonds is 6. The molecular weight excluding hydrogens is 294 g/mol. The zero-order valence-electron chi connectivity index (χ0n) is 14.0. The van der Waals surface area contributed by atoms with Crippen molar-refractivity contribution in [3.05, 3.63) is 12.7 Å². The number of carboxylic acid groups (broad SMARTS) is 1. The van der Waals surface area contributed by atoms with Crippen LogP contribution in [0.3, 0.4) is 0 Å². The van der Waals surface area contributed by atoms with Gasteiger partial charge in [-0.25, -0.2) is 9.59 Å². The van der Waals surface area contributed by atoms with E-state index in [1.165, 1.54) is 0 Å². The van der Waals surface area contributed by atoms with Gasteiger partial charge in [0.05, 0.1) is 0 Å². The van der Waals surface area contributed by atoms with Gasteiger partial charge in [0.1, 0.15) is 12.1 Å². The van der Waals surface area contributed by atoms with E-state index in [1.54, 1.807) is 20.8 Å². The summed E-state index contributed by atoms with van der Waals surface area (Å²) in [4.78, 5) is 23.5. The van der Waals surface area contributed by atoms with Gasteiger partial charge >= 0.3 is 12.1 Å². The average molecular weight is 319 g/mol. The lowest BCUT2D eigenvalue weighted by Crippen LogP contribution is -2.50. The molecule has 0 spiro atoms. The van der Waals surface area contributed by atoms with E-state index in [2.05, 4.69) is 23.7 Å². The van der Waals surface area contributed by atoms with Gasteiger partial charge < -0.3 is 15.2 Å². The van der Waals surface area contributed by atoms with Crippen molar-refractivity contribution in [3.8, 4) is 11.8 Å². The molecule has 0 aromatic rings. The maximum atomic E-state index is 12.2. The van der Waals surface area contributed by atoms with Gasteiger partial charge in [-0.05, 0) is 24.7 Å². The molecule has 0 radical (unpaired) electrons. The van der Waals surface area contributed by atoms with Crippen LogP contribution in [-0.4, -0.2) is 29.3 Å². The number of carboxylic acids is 1. The monoisotopic (exact) mass is 319 g/mol. The van der Waals surface area contributed by atoms with Crippen molar-refractivity contribution >= 4 is 12.1 Å². The average Bonchev–Trinajstić information content (AvgIpc) is 2.63. The number of hydrogen-bond acceptors (Lipinski definition) is 3. The number of ether oxygens (including phenoxy) is 1. The van der Waals surface area contributed by atoms with Gasteiger partial charge in [-0.2, -0.15) is 0 Å². The first-order valence-electron chi connectivity index (χ1n) is 8.06. The Balaban J connectivity index is 1.96. The molecule has 5 heteroatoms. The molecule has 23 heavy (non-hydrogen) atoms. The summed E-state index contributed by atoms with van der Waals surface area (Å²) in [5, 5.41) is 11.8. The summed E-state index contributed by atoms with van der Waals surface area (Å²) in [6.07, 6.45) is 3.45. The van der Waals surface area contributed by atoms with Crippen molar-refractivity contribution < 1.29 is 19.4 Å². The highest BCUT2D eigenvalue weighted by Gasteiger charge is 2.47. The maximum absolute atomic E-state index is 12.2. The molecule has 5 atom stereocenters. The lowest BCUT2D eigenvalue weighted by molar-refractivity contribution is -0.142. The van der Waals surface area contributed by atoms with Gasteiger partial charge in [-0.1, -0.05) is 38.7 Å². The molecule has 0 aromatic carbocycles. The first-order chi connectivity index (χ1) is 10.7. The molecule has 0 heterocycles. The normalized spacial score (nSPS) is 29.3. The van der Waals surface area contributed by atoms with Crippen molar-refractivity contribution in [2.45, 2.75) is 52.2 Å². The number of alkyl carbamates (subject to hydrolysis) is 1. The number of nitrogens with one attached hydrogen (secondary N) is 1. The van der Waals surface area contributed by atoms with Crippen molar-refractivity contribution in [2.75, 3.05) is 0 Å². The Hall–Kier alpha value is -1.96. The Morgan fingerprint density at radius 2 is 2.13 bits per heavy atom. The molecule has 1 fully saturated rings. The fourth-order valence-corrected chi connectivity index (χ4v) is 3.31. The third-order valence-electron chi connectivity index (χ3n) is 4.63. The summed E-state index contributed by atoms with van der Waals surface area (Å²) in [6.45, 7) is 9.03. The van der Waals surface area contributed by atoms with Crippen molar-refractivity contribution in [3.63, 3.8) is 0 Å². The van der Waals surface area contributed by atoms with Gasteiger partial charge in [-0.15, -0.1) is 6.58 Å². The lowest BCUT2D eigenvalue weighted by Gasteiger charge is -2.29. The van der Waals surface area contributed by atoms with Crippen LogP contribution >= 0.6 is 0 Å². The van der Waals surface area contributed by atoms with E-state index in [-0.39, 0.29) is 12.0 Å². The summed E-state index contributed by atoms with van der Waals surface area (Å²) in [5.41, 5.74) is -0.592. The van der Waals surface area contributed by atoms with Crippen LogP contribution in [-0.2, 0) is 9.53 Å². The van der Waals surface area contributed by atoms with Crippen LogP contribution in [0, 0.1) is 35.0 Å². The first kappa shape index (κ1) is 17.4. The second kappa shape index (κ2) is 6.66. The molecule has 0 unspecified atom stereocenters. The standard InChI is InChI=1S/C18H25NO4/c1-5-6-7-13-12-9-8-11(12)10-14(13)23-17(22)19-15(16(20)21)18(2,3)4/h5,11-15H,1,6-7,10H2,2-4H3,(H,19,22)(H,20,21)/t11-,12-,13+,14+,15+/m0/s1. The van der Waals surface area contributed by atoms with Gasteiger partial charge in [0.25, 0.3) is 0 Å². The molecule has 2 N–H and O–H groups in total. The number of hydrogen-bond donors (Lipinski definition) is 2. The molecule has 2 rings (SSSR count). The van der Waals surface area contributed by atoms with E-state index in [1.807, 2.05) is 6.08 Å². The van der Waals surface area contributed by atoms with E-state index in [9.17, 15) is 14.7 Å². The number of allylic oxidation sites excluding steroid dienone is 1. The SMILES string of the molecule is C=CCC[C@@H]1[C@H]2C#C[C@H]2C[C@H]1OC(=O)N[C@H](C(=O)O)C(C)(C)C. The van der Waals surface area contributed by atoms with Crippen LogP contribution in [0.2, 0.25) is 0 Å². The maximum Gasteiger partial charge on any atom is 0.408 e. The second-order valence-electron chi connectivity index (χ2n) is 7.41. The third-order valence-corrected chi connectivity index (χ3v) is 4.63. The summed E-state index contributed by atoms with van der Waals surface area (Å²) in [5.74, 6) is 6.03. The quantitative estimate of drug-likeness (QED) is 0.583. The summed E-state index contributed by atoms with van der Waals surface area (Å²) in [7, 11) is 0. The topological polar surface area (TPSA) is 75.6 Å². The van der Waals surface area contributed by atoms with Crippen LogP contribution in [0.1, 0.15) is 40.0 Å². The Labute approximate surface area is 137 Å². The highest BCUT2D eigenvalue weighted by Crippen LogP contribution is 2.44. The fraction of sp³-hybridized carbons (Fsp3) is 0.667. The van der Waals surface area contributed by atoms with Gasteiger partial charge in [0.15, 0.2) is 0 Å². The Kier molecular flexibility index (Phi) is 5.03. The summed E-state index contributed by atoms with van der Waals surface area (Å²) < 4.78 is 5.55. The van der Waals surface area contributed by atoms with Gasteiger partial charge in [-0.3, -0.25) is 0 Å². The molecular formula is C18H25NO4. The van der Waals surface area contributed by atoms with Crippen LogP contribution in [0.25, 0.3) is 0 Å². The van der Waals surface area contributed by atoms with Crippen molar-refractivity contribution in [1.29, 1.82) is 0 Å². The summed E-state index contributed by atoms with van der Waals surface area (Å²) >= 11 is 0. The first-order valence-corrected chi connectivity index (χ1v) is 8.06. The predicted molar refractivity (Wildman–Crippen MR) is 86.6 cm³/mol. The minimum Gasteiger partial charge on any atom is -0.480 e. The molecule has 5 nitrogen and oxygen atoms in total. The Bertz CT molecular complexity index is 552. The minimum absolute atomic E-state index is 0.211. The molecule has 1 saturated carbocycles. The van der Waals surface area contributed by atoms with Gasteiger partial charge in [0.2, 0.25) is 0 Å². The zero-order chi connectivity index (χ0) is 17.2. The molecule has 0 aromatic heterocycles. The van der Waals surface area contributed by atoms with E-state index in [0.717, 1.165) is 19.3 Å². The lowest BCUT2D eigenvalue weighted by atomic mass is 9.81. The zero-order valence-corrected chi connectivity index (χ0v) is 14.0. The smallest absolute Gasteiger partial charge is 0.408 e. The third kappa shape index (κ3) is 3.87. The molecule has 2 aliphatic rings. The molecule has 1 amide bonds. The van der Waals surface area contributed by atoms with Crippen LogP contribution in [0.5, 0.6) is 0 Å². The van der Waals surface area contributed by atoms with Crippen molar-refractivity contribution in [2.24, 2.45) is 23.2 Å². The van der Waals surface area contributed by atoms with Gasteiger partial charge in [0, 0.05) is 17.8 Å². The molecule has 0 aliphatic heterocycles. The molecule has 0 saturated heterocycles. The van der Waals surface area contributed by atoms with E-state index in [4.69, 9.17) is 4.74 Å². The van der Waals surface area contributed by atoms with Crippen LogP contribution in [0.15, 0.2) is 12.7 Å². The largest absolute Gasteiger partial charge is 0.480 e. The fourth-order valence-electron chi connectivity index (χ4n) is 3.31. The number of carbonyl (C=O) groups is 2. The highest BCUT2D eigenvalue weighted by molar-refractivity contribution is 5.80. The minimum atomic E-state index is -1.06. The predicted octanol–water partition coefficient (Wildman–Crippen LogP) is 2.82. The molecule has 2 aliphatic carbocycles. The molecule has 0 bridgehead atoms. The number of aliphatic carboxylic acids is 1. The highest BCUT2D eigenvalue weighted by atomic mass is 16.6. The van der Waals surface area contributed by atoms with E-state index < -0.39 is 23.5 Å². The van der Waals surface area contributed by atoms with Crippen LogP contribution < -0.4 is 5.32 Å². The Morgan fingerprint density at radius 3 is 2.61 bits per heavy atom.